The predicted octanol–water partition coefficient (Wildman–Crippen LogP) is 4.52. The second kappa shape index (κ2) is 9.81. The molecule has 1 unspecified atom stereocenters. The topological polar surface area (TPSA) is 56.2 Å². The highest BCUT2D eigenvalue weighted by Crippen LogP contribution is 2.28. The van der Waals surface area contributed by atoms with Crippen molar-refractivity contribution in [3.05, 3.63) is 36.5 Å². The summed E-state index contributed by atoms with van der Waals surface area (Å²) in [7, 11) is 0. The summed E-state index contributed by atoms with van der Waals surface area (Å²) in [5, 5.41) is 4.11. The van der Waals surface area contributed by atoms with Crippen LogP contribution in [0.3, 0.4) is 0 Å². The monoisotopic (exact) mass is 413 g/mol. The lowest BCUT2D eigenvalue weighted by molar-refractivity contribution is -0.119. The fourth-order valence-electron chi connectivity index (χ4n) is 4.29. The van der Waals surface area contributed by atoms with E-state index in [-0.39, 0.29) is 12.0 Å². The molecular weight excluding hydrogens is 382 g/mol. The third-order valence-electron chi connectivity index (χ3n) is 6.01. The van der Waals surface area contributed by atoms with E-state index < -0.39 is 0 Å². The van der Waals surface area contributed by atoms with E-state index >= 15 is 0 Å². The highest BCUT2D eigenvalue weighted by Gasteiger charge is 2.22. The van der Waals surface area contributed by atoms with Gasteiger partial charge >= 0.3 is 0 Å². The fraction of sp³-hybridized carbons (Fsp3) is 0.565. The van der Waals surface area contributed by atoms with Crippen molar-refractivity contribution in [3.8, 4) is 11.3 Å². The Morgan fingerprint density at radius 3 is 2.72 bits per heavy atom. The molecule has 0 spiro atoms. The zero-order valence-electron chi connectivity index (χ0n) is 17.2. The summed E-state index contributed by atoms with van der Waals surface area (Å²) in [4.78, 5) is 17.2. The van der Waals surface area contributed by atoms with Gasteiger partial charge in [-0.2, -0.15) is 0 Å². The fourth-order valence-corrected chi connectivity index (χ4v) is 5.09. The van der Waals surface area contributed by atoms with E-state index in [9.17, 15) is 4.79 Å². The summed E-state index contributed by atoms with van der Waals surface area (Å²) in [6, 6.07) is 10.7. The number of thioether (sulfide) groups is 1. The van der Waals surface area contributed by atoms with Gasteiger partial charge in [-0.1, -0.05) is 49.0 Å². The highest BCUT2D eigenvalue weighted by atomic mass is 32.2. The lowest BCUT2D eigenvalue weighted by Crippen LogP contribution is -2.38. The Labute approximate surface area is 177 Å². The number of carbonyl (C=O) groups excluding carboxylic acids is 1. The molecule has 1 aliphatic heterocycles. The first kappa shape index (κ1) is 20.5. The van der Waals surface area contributed by atoms with Crippen LogP contribution in [-0.2, 0) is 16.1 Å². The molecule has 156 valence electrons. The molecule has 5 nitrogen and oxygen atoms in total. The van der Waals surface area contributed by atoms with Crippen LogP contribution in [0.15, 0.2) is 41.7 Å². The molecule has 2 aromatic rings. The molecule has 2 aliphatic rings. The SMILES string of the molecule is CC1CCC(NC(=O)CSc2ncc(-c3ccccc3)n2CC2CCCO2)CC1. The predicted molar refractivity (Wildman–Crippen MR) is 117 cm³/mol. The van der Waals surface area contributed by atoms with E-state index in [0.29, 0.717) is 11.8 Å². The van der Waals surface area contributed by atoms with Gasteiger partial charge in [-0.25, -0.2) is 4.98 Å². The van der Waals surface area contributed by atoms with Crippen LogP contribution >= 0.6 is 11.8 Å². The van der Waals surface area contributed by atoms with E-state index in [1.54, 1.807) is 0 Å². The minimum Gasteiger partial charge on any atom is -0.376 e. The van der Waals surface area contributed by atoms with Gasteiger partial charge < -0.3 is 14.6 Å². The van der Waals surface area contributed by atoms with E-state index in [1.807, 2.05) is 24.4 Å². The molecule has 1 saturated carbocycles. The Hall–Kier alpha value is -1.79. The number of hydrogen-bond donors (Lipinski definition) is 1. The van der Waals surface area contributed by atoms with Crippen LogP contribution < -0.4 is 5.32 Å². The maximum atomic E-state index is 12.5. The van der Waals surface area contributed by atoms with Gasteiger partial charge in [0.25, 0.3) is 0 Å². The molecule has 1 aromatic heterocycles. The van der Waals surface area contributed by atoms with Crippen LogP contribution in [0.5, 0.6) is 0 Å². The molecule has 2 heterocycles. The number of ether oxygens (including phenoxy) is 1. The van der Waals surface area contributed by atoms with Crippen LogP contribution in [0.2, 0.25) is 0 Å². The maximum Gasteiger partial charge on any atom is 0.230 e. The summed E-state index contributed by atoms with van der Waals surface area (Å²) in [6.07, 6.45) is 8.97. The van der Waals surface area contributed by atoms with Crippen molar-refractivity contribution in [1.29, 1.82) is 0 Å². The third-order valence-corrected chi connectivity index (χ3v) is 7.00. The van der Waals surface area contributed by atoms with Gasteiger partial charge in [-0.15, -0.1) is 0 Å². The van der Waals surface area contributed by atoms with Crippen LogP contribution in [0, 0.1) is 5.92 Å². The van der Waals surface area contributed by atoms with Crippen molar-refractivity contribution in [1.82, 2.24) is 14.9 Å². The second-order valence-corrected chi connectivity index (χ2v) is 9.29. The maximum absolute atomic E-state index is 12.5. The lowest BCUT2D eigenvalue weighted by atomic mass is 9.87. The standard InChI is InChI=1S/C23H31N3O2S/c1-17-9-11-19(12-10-17)25-22(27)16-29-23-24-14-21(18-6-3-2-4-7-18)26(23)15-20-8-5-13-28-20/h2-4,6-7,14,17,19-20H,5,8-13,15-16H2,1H3,(H,25,27). The van der Waals surface area contributed by atoms with Crippen LogP contribution in [-0.4, -0.2) is 40.0 Å². The second-order valence-electron chi connectivity index (χ2n) is 8.35. The number of carbonyl (C=O) groups is 1. The first-order chi connectivity index (χ1) is 14.2. The quantitative estimate of drug-likeness (QED) is 0.678. The van der Waals surface area contributed by atoms with Crippen LogP contribution in [0.1, 0.15) is 45.4 Å². The van der Waals surface area contributed by atoms with Crippen molar-refractivity contribution in [2.75, 3.05) is 12.4 Å². The zero-order chi connectivity index (χ0) is 20.1. The number of aromatic nitrogens is 2. The Balaban J connectivity index is 1.42. The molecule has 1 aliphatic carbocycles. The Morgan fingerprint density at radius 1 is 1.21 bits per heavy atom. The van der Waals surface area contributed by atoms with Gasteiger partial charge in [0.1, 0.15) is 0 Å². The number of nitrogens with one attached hydrogen (secondary N) is 1. The van der Waals surface area contributed by atoms with Gasteiger partial charge in [0.05, 0.1) is 30.3 Å². The zero-order valence-corrected chi connectivity index (χ0v) is 18.0. The van der Waals surface area contributed by atoms with Gasteiger partial charge in [-0.3, -0.25) is 4.79 Å². The molecule has 6 heteroatoms. The average Bonchev–Trinajstić information content (AvgIpc) is 3.39. The Kier molecular flexibility index (Phi) is 6.93. The molecule has 2 fully saturated rings. The van der Waals surface area contributed by atoms with Gasteiger partial charge in [0.15, 0.2) is 5.16 Å². The van der Waals surface area contributed by atoms with Crippen molar-refractivity contribution < 1.29 is 9.53 Å². The molecule has 0 radical (unpaired) electrons. The number of hydrogen-bond acceptors (Lipinski definition) is 4. The number of nitrogens with zero attached hydrogens (tertiary/aromatic N) is 2. The van der Waals surface area contributed by atoms with Crippen molar-refractivity contribution >= 4 is 17.7 Å². The molecule has 29 heavy (non-hydrogen) atoms. The van der Waals surface area contributed by atoms with Crippen molar-refractivity contribution in [3.63, 3.8) is 0 Å². The minimum atomic E-state index is 0.113. The lowest BCUT2D eigenvalue weighted by Gasteiger charge is -2.26. The number of rotatable bonds is 7. The molecule has 0 bridgehead atoms. The first-order valence-electron chi connectivity index (χ1n) is 10.8. The number of imidazole rings is 1. The summed E-state index contributed by atoms with van der Waals surface area (Å²) < 4.78 is 8.10. The Morgan fingerprint density at radius 2 is 2.00 bits per heavy atom. The first-order valence-corrected chi connectivity index (χ1v) is 11.8. The Bertz CT molecular complexity index is 794. The normalized spacial score (nSPS) is 24.5. The minimum absolute atomic E-state index is 0.113. The summed E-state index contributed by atoms with van der Waals surface area (Å²) >= 11 is 1.53. The molecule has 4 rings (SSSR count). The van der Waals surface area contributed by atoms with Crippen molar-refractivity contribution in [2.45, 2.75) is 69.3 Å². The molecule has 1 amide bonds. The van der Waals surface area contributed by atoms with E-state index in [4.69, 9.17) is 4.74 Å². The molecule has 1 saturated heterocycles. The van der Waals surface area contributed by atoms with E-state index in [1.165, 1.54) is 24.6 Å². The summed E-state index contributed by atoms with van der Waals surface area (Å²) in [5.74, 6) is 1.31. The third kappa shape index (κ3) is 5.43. The summed E-state index contributed by atoms with van der Waals surface area (Å²) in [5.41, 5.74) is 2.23. The largest absolute Gasteiger partial charge is 0.376 e. The van der Waals surface area contributed by atoms with Gasteiger partial charge in [0.2, 0.25) is 5.91 Å². The number of amides is 1. The average molecular weight is 414 g/mol. The van der Waals surface area contributed by atoms with Crippen LogP contribution in [0.25, 0.3) is 11.3 Å². The molecule has 1 atom stereocenters. The van der Waals surface area contributed by atoms with Crippen LogP contribution in [0.4, 0.5) is 0 Å². The highest BCUT2D eigenvalue weighted by molar-refractivity contribution is 7.99. The van der Waals surface area contributed by atoms with Gasteiger partial charge in [0, 0.05) is 12.6 Å². The molecular formula is C23H31N3O2S. The summed E-state index contributed by atoms with van der Waals surface area (Å²) in [6.45, 7) is 3.92. The van der Waals surface area contributed by atoms with Crippen molar-refractivity contribution in [2.24, 2.45) is 5.92 Å². The number of benzene rings is 1. The smallest absolute Gasteiger partial charge is 0.230 e. The molecule has 1 aromatic carbocycles. The van der Waals surface area contributed by atoms with E-state index in [0.717, 1.165) is 61.2 Å². The molecule has 1 N–H and O–H groups in total. The van der Waals surface area contributed by atoms with E-state index in [2.05, 4.69) is 33.9 Å². The van der Waals surface area contributed by atoms with Gasteiger partial charge in [-0.05, 0) is 50.0 Å².